The molecular formula is C15H19N3O5. The highest BCUT2D eigenvalue weighted by molar-refractivity contribution is 5.83. The Morgan fingerprint density at radius 3 is 2.74 bits per heavy atom. The van der Waals surface area contributed by atoms with Gasteiger partial charge in [0.2, 0.25) is 5.91 Å². The molecule has 0 bridgehead atoms. The number of nitro groups is 1. The van der Waals surface area contributed by atoms with Gasteiger partial charge >= 0.3 is 5.97 Å². The number of nitrogens with one attached hydrogen (secondary N) is 1. The number of benzene rings is 1. The number of carbonyl (C=O) groups excluding carboxylic acids is 1. The molecule has 124 valence electrons. The second-order valence-corrected chi connectivity index (χ2v) is 5.65. The minimum atomic E-state index is -0.903. The average molecular weight is 321 g/mol. The molecule has 1 aromatic rings. The average Bonchev–Trinajstić information content (AvgIpc) is 2.95. The number of para-hydroxylation sites is 2. The van der Waals surface area contributed by atoms with Gasteiger partial charge in [-0.1, -0.05) is 18.6 Å². The number of nitro benzene ring substituents is 1. The molecule has 0 heterocycles. The number of hydrogen-bond donors (Lipinski definition) is 2. The number of carboxylic acid groups (broad SMARTS) is 1. The summed E-state index contributed by atoms with van der Waals surface area (Å²) in [7, 11) is 1.59. The summed E-state index contributed by atoms with van der Waals surface area (Å²) in [5.74, 6) is -1.81. The summed E-state index contributed by atoms with van der Waals surface area (Å²) in [6, 6.07) is 5.79. The van der Waals surface area contributed by atoms with Crippen LogP contribution in [0.25, 0.3) is 0 Å². The Hall–Kier alpha value is -2.64. The monoisotopic (exact) mass is 321 g/mol. The first-order valence-electron chi connectivity index (χ1n) is 7.37. The Bertz CT molecular complexity index is 619. The summed E-state index contributed by atoms with van der Waals surface area (Å²) in [6.07, 6.45) is 1.96. The molecule has 0 unspecified atom stereocenters. The summed E-state index contributed by atoms with van der Waals surface area (Å²) in [5.41, 5.74) is 0.265. The predicted molar refractivity (Wildman–Crippen MR) is 83.3 cm³/mol. The van der Waals surface area contributed by atoms with Gasteiger partial charge in [0.15, 0.2) is 0 Å². The number of nitrogens with zero attached hydrogens (tertiary/aromatic N) is 2. The van der Waals surface area contributed by atoms with Crippen LogP contribution >= 0.6 is 0 Å². The Morgan fingerprint density at radius 1 is 1.39 bits per heavy atom. The maximum atomic E-state index is 12.1. The molecule has 2 atom stereocenters. The van der Waals surface area contributed by atoms with E-state index in [1.165, 1.54) is 11.0 Å². The van der Waals surface area contributed by atoms with E-state index in [1.54, 1.807) is 25.2 Å². The van der Waals surface area contributed by atoms with Crippen LogP contribution in [0, 0.1) is 16.0 Å². The van der Waals surface area contributed by atoms with Crippen LogP contribution in [0.4, 0.5) is 11.4 Å². The molecule has 2 rings (SSSR count). The Labute approximate surface area is 133 Å². The van der Waals surface area contributed by atoms with Gasteiger partial charge in [-0.25, -0.2) is 0 Å². The fourth-order valence-electron chi connectivity index (χ4n) is 2.92. The number of carboxylic acids is 1. The highest BCUT2D eigenvalue weighted by Crippen LogP contribution is 2.27. The van der Waals surface area contributed by atoms with Crippen molar-refractivity contribution in [1.82, 2.24) is 5.32 Å². The molecule has 1 aliphatic carbocycles. The number of rotatable bonds is 6. The van der Waals surface area contributed by atoms with Gasteiger partial charge in [0.1, 0.15) is 5.69 Å². The first kappa shape index (κ1) is 16.7. The molecule has 2 N–H and O–H groups in total. The fourth-order valence-corrected chi connectivity index (χ4v) is 2.92. The van der Waals surface area contributed by atoms with E-state index in [-0.39, 0.29) is 24.2 Å². The van der Waals surface area contributed by atoms with E-state index in [4.69, 9.17) is 5.11 Å². The molecule has 1 saturated carbocycles. The van der Waals surface area contributed by atoms with E-state index in [0.29, 0.717) is 18.5 Å². The zero-order valence-corrected chi connectivity index (χ0v) is 12.8. The molecule has 0 aliphatic heterocycles. The SMILES string of the molecule is CN(CC(=O)N[C@@H]1CCC[C@@H]1C(=O)O)c1ccccc1[N+](=O)[O-]. The van der Waals surface area contributed by atoms with Crippen molar-refractivity contribution in [3.63, 3.8) is 0 Å². The van der Waals surface area contributed by atoms with Gasteiger partial charge < -0.3 is 15.3 Å². The summed E-state index contributed by atoms with van der Waals surface area (Å²) in [5, 5.41) is 22.9. The van der Waals surface area contributed by atoms with Gasteiger partial charge in [-0.3, -0.25) is 19.7 Å². The maximum Gasteiger partial charge on any atom is 0.308 e. The molecule has 23 heavy (non-hydrogen) atoms. The zero-order valence-electron chi connectivity index (χ0n) is 12.8. The van der Waals surface area contributed by atoms with Crippen LogP contribution in [-0.2, 0) is 9.59 Å². The summed E-state index contributed by atoms with van der Waals surface area (Å²) < 4.78 is 0. The molecule has 1 fully saturated rings. The number of amides is 1. The van der Waals surface area contributed by atoms with Crippen LogP contribution in [0.1, 0.15) is 19.3 Å². The van der Waals surface area contributed by atoms with Gasteiger partial charge in [-0.05, 0) is 18.9 Å². The molecule has 1 aliphatic rings. The molecule has 0 radical (unpaired) electrons. The molecule has 1 amide bonds. The smallest absolute Gasteiger partial charge is 0.308 e. The maximum absolute atomic E-state index is 12.1. The van der Waals surface area contributed by atoms with E-state index in [2.05, 4.69) is 5.32 Å². The van der Waals surface area contributed by atoms with E-state index in [1.807, 2.05) is 0 Å². The van der Waals surface area contributed by atoms with E-state index < -0.39 is 16.8 Å². The molecule has 0 aromatic heterocycles. The van der Waals surface area contributed by atoms with E-state index in [0.717, 1.165) is 6.42 Å². The standard InChI is InChI=1S/C15H19N3O5/c1-17(12-7-2-3-8-13(12)18(22)23)9-14(19)16-11-6-4-5-10(11)15(20)21/h2-3,7-8,10-11H,4-6,9H2,1H3,(H,16,19)(H,20,21)/t10-,11+/m0/s1. The number of likely N-dealkylation sites (N-methyl/N-ethyl adjacent to an activating group) is 1. The first-order valence-corrected chi connectivity index (χ1v) is 7.37. The molecule has 1 aromatic carbocycles. The van der Waals surface area contributed by atoms with Crippen LogP contribution in [0.3, 0.4) is 0 Å². The number of carbonyl (C=O) groups is 2. The minimum Gasteiger partial charge on any atom is -0.481 e. The normalized spacial score (nSPS) is 20.0. The van der Waals surface area contributed by atoms with Gasteiger partial charge in [-0.15, -0.1) is 0 Å². The largest absolute Gasteiger partial charge is 0.481 e. The molecular weight excluding hydrogens is 302 g/mol. The second-order valence-electron chi connectivity index (χ2n) is 5.65. The Kier molecular flexibility index (Phi) is 5.15. The van der Waals surface area contributed by atoms with Crippen molar-refractivity contribution in [2.75, 3.05) is 18.5 Å². The van der Waals surface area contributed by atoms with Crippen LogP contribution in [0.15, 0.2) is 24.3 Å². The van der Waals surface area contributed by atoms with Crippen LogP contribution in [0.2, 0.25) is 0 Å². The van der Waals surface area contributed by atoms with Crippen molar-refractivity contribution in [3.8, 4) is 0 Å². The lowest BCUT2D eigenvalue weighted by molar-refractivity contribution is -0.384. The van der Waals surface area contributed by atoms with Crippen LogP contribution in [0.5, 0.6) is 0 Å². The highest BCUT2D eigenvalue weighted by atomic mass is 16.6. The van der Waals surface area contributed by atoms with Gasteiger partial charge in [-0.2, -0.15) is 0 Å². The van der Waals surface area contributed by atoms with Crippen molar-refractivity contribution >= 4 is 23.3 Å². The summed E-state index contributed by atoms with van der Waals surface area (Å²) in [4.78, 5) is 35.2. The van der Waals surface area contributed by atoms with E-state index in [9.17, 15) is 19.7 Å². The number of anilines is 1. The lowest BCUT2D eigenvalue weighted by atomic mass is 10.0. The van der Waals surface area contributed by atoms with Gasteiger partial charge in [0, 0.05) is 19.2 Å². The fraction of sp³-hybridized carbons (Fsp3) is 0.467. The quantitative estimate of drug-likeness (QED) is 0.605. The van der Waals surface area contributed by atoms with Crippen molar-refractivity contribution in [2.24, 2.45) is 5.92 Å². The zero-order chi connectivity index (χ0) is 17.0. The predicted octanol–water partition coefficient (Wildman–Crippen LogP) is 1.40. The van der Waals surface area contributed by atoms with Crippen molar-refractivity contribution in [3.05, 3.63) is 34.4 Å². The number of aliphatic carboxylic acids is 1. The Balaban J connectivity index is 2.00. The minimum absolute atomic E-state index is 0.0757. The third-order valence-corrected chi connectivity index (χ3v) is 4.05. The molecule has 0 saturated heterocycles. The molecule has 8 nitrogen and oxygen atoms in total. The van der Waals surface area contributed by atoms with Crippen molar-refractivity contribution in [2.45, 2.75) is 25.3 Å². The Morgan fingerprint density at radius 2 is 2.09 bits per heavy atom. The van der Waals surface area contributed by atoms with Crippen molar-refractivity contribution in [1.29, 1.82) is 0 Å². The summed E-state index contributed by atoms with van der Waals surface area (Å²) >= 11 is 0. The van der Waals surface area contributed by atoms with Gasteiger partial charge in [0.05, 0.1) is 17.4 Å². The molecule has 0 spiro atoms. The van der Waals surface area contributed by atoms with Gasteiger partial charge in [0.25, 0.3) is 5.69 Å². The third-order valence-electron chi connectivity index (χ3n) is 4.05. The highest BCUT2D eigenvalue weighted by Gasteiger charge is 2.34. The second kappa shape index (κ2) is 7.08. The van der Waals surface area contributed by atoms with Crippen molar-refractivity contribution < 1.29 is 19.6 Å². The topological polar surface area (TPSA) is 113 Å². The molecule has 8 heteroatoms. The van der Waals surface area contributed by atoms with Crippen LogP contribution < -0.4 is 10.2 Å². The lowest BCUT2D eigenvalue weighted by Crippen LogP contribution is -2.44. The number of hydrogen-bond acceptors (Lipinski definition) is 5. The third kappa shape index (κ3) is 3.97. The van der Waals surface area contributed by atoms with Crippen LogP contribution in [-0.4, -0.2) is 41.5 Å². The summed E-state index contributed by atoms with van der Waals surface area (Å²) in [6.45, 7) is -0.0757. The first-order chi connectivity index (χ1) is 10.9. The van der Waals surface area contributed by atoms with E-state index >= 15 is 0 Å². The lowest BCUT2D eigenvalue weighted by Gasteiger charge is -2.22.